The Kier molecular flexibility index (Phi) is 5.12. The Morgan fingerprint density at radius 2 is 1.27 bits per heavy atom. The van der Waals surface area contributed by atoms with E-state index in [-0.39, 0.29) is 0 Å². The van der Waals surface area contributed by atoms with Crippen molar-refractivity contribution in [1.82, 2.24) is 19.9 Å². The predicted octanol–water partition coefficient (Wildman–Crippen LogP) is 7.79. The topological polar surface area (TPSA) is 57.4 Å². The molecule has 0 aromatic carbocycles. The number of rotatable bonds is 2. The Bertz CT molecular complexity index is 1520. The van der Waals surface area contributed by atoms with E-state index in [0.29, 0.717) is 0 Å². The van der Waals surface area contributed by atoms with Crippen LogP contribution in [0.2, 0.25) is 0 Å². The van der Waals surface area contributed by atoms with Crippen molar-refractivity contribution in [2.75, 3.05) is 0 Å². The van der Waals surface area contributed by atoms with Gasteiger partial charge < -0.3 is 9.97 Å². The minimum atomic E-state index is 0.951. The average molecular weight is 437 g/mol. The van der Waals surface area contributed by atoms with Crippen LogP contribution < -0.4 is 0 Å². The van der Waals surface area contributed by atoms with Gasteiger partial charge in [0.05, 0.1) is 22.8 Å². The molecule has 4 nitrogen and oxygen atoms in total. The molecule has 0 saturated heterocycles. The van der Waals surface area contributed by atoms with Crippen molar-refractivity contribution in [3.05, 3.63) is 69.8 Å². The summed E-state index contributed by atoms with van der Waals surface area (Å²) in [5, 5.41) is 0. The van der Waals surface area contributed by atoms with E-state index in [1.807, 2.05) is 0 Å². The van der Waals surface area contributed by atoms with Crippen LogP contribution in [0.25, 0.3) is 44.4 Å². The molecule has 0 radical (unpaired) electrons. The number of hydrogen-bond acceptors (Lipinski definition) is 2. The van der Waals surface area contributed by atoms with E-state index in [4.69, 9.17) is 9.97 Å². The number of allylic oxidation sites excluding steroid dienone is 4. The maximum atomic E-state index is 5.03. The van der Waals surface area contributed by atoms with E-state index in [1.165, 1.54) is 39.0 Å². The molecule has 0 fully saturated rings. The van der Waals surface area contributed by atoms with Crippen LogP contribution in [0.1, 0.15) is 80.5 Å². The van der Waals surface area contributed by atoms with E-state index in [1.54, 1.807) is 0 Å². The molecule has 0 saturated carbocycles. The second kappa shape index (κ2) is 7.87. The zero-order valence-corrected chi connectivity index (χ0v) is 20.7. The molecule has 2 aliphatic heterocycles. The molecule has 3 aromatic rings. The van der Waals surface area contributed by atoms with Crippen LogP contribution >= 0.6 is 0 Å². The molecule has 0 aliphatic carbocycles. The SMILES string of the molecule is CCC1=C(C)c2cc3nc(cc4[nH]c(cc5[nH]c(cc1n2)cc5C)c(CC)c4C)C(C)=C3C. The number of aromatic nitrogens is 4. The van der Waals surface area contributed by atoms with E-state index >= 15 is 0 Å². The second-order valence-corrected chi connectivity index (χ2v) is 9.28. The fourth-order valence-corrected chi connectivity index (χ4v) is 5.09. The molecule has 4 heteroatoms. The zero-order chi connectivity index (χ0) is 23.4. The lowest BCUT2D eigenvalue weighted by Crippen LogP contribution is -1.82. The molecule has 8 bridgehead atoms. The lowest BCUT2D eigenvalue weighted by atomic mass is 10.0. The van der Waals surface area contributed by atoms with Crippen LogP contribution in [-0.2, 0) is 6.42 Å². The predicted molar refractivity (Wildman–Crippen MR) is 141 cm³/mol. The van der Waals surface area contributed by atoms with Crippen LogP contribution in [0.15, 0.2) is 30.3 Å². The smallest absolute Gasteiger partial charge is 0.0693 e. The number of fused-ring (bicyclic) bond motifs is 8. The summed E-state index contributed by atoms with van der Waals surface area (Å²) in [7, 11) is 0. The van der Waals surface area contributed by atoms with Crippen LogP contribution in [0, 0.1) is 13.8 Å². The third-order valence-corrected chi connectivity index (χ3v) is 7.33. The second-order valence-electron chi connectivity index (χ2n) is 9.28. The van der Waals surface area contributed by atoms with Crippen LogP contribution in [0.5, 0.6) is 0 Å². The van der Waals surface area contributed by atoms with Gasteiger partial charge in [-0.05, 0) is 117 Å². The maximum Gasteiger partial charge on any atom is 0.0693 e. The molecular formula is C29H32N4. The normalized spacial score (nSPS) is 13.9. The molecule has 168 valence electrons. The van der Waals surface area contributed by atoms with Crippen molar-refractivity contribution in [3.63, 3.8) is 0 Å². The van der Waals surface area contributed by atoms with Gasteiger partial charge >= 0.3 is 0 Å². The van der Waals surface area contributed by atoms with Gasteiger partial charge in [0.25, 0.3) is 0 Å². The highest BCUT2D eigenvalue weighted by Gasteiger charge is 2.18. The van der Waals surface area contributed by atoms with Crippen molar-refractivity contribution in [3.8, 4) is 0 Å². The molecule has 2 aliphatic rings. The first-order valence-corrected chi connectivity index (χ1v) is 11.9. The fourth-order valence-electron chi connectivity index (χ4n) is 5.09. The van der Waals surface area contributed by atoms with E-state index < -0.39 is 0 Å². The van der Waals surface area contributed by atoms with Gasteiger partial charge in [-0.15, -0.1) is 0 Å². The van der Waals surface area contributed by atoms with Gasteiger partial charge in [0.2, 0.25) is 0 Å². The Labute approximate surface area is 195 Å². The number of nitrogens with one attached hydrogen (secondary N) is 2. The molecule has 5 heterocycles. The van der Waals surface area contributed by atoms with Gasteiger partial charge in [-0.1, -0.05) is 13.8 Å². The molecule has 0 amide bonds. The molecular weight excluding hydrogens is 404 g/mol. The van der Waals surface area contributed by atoms with E-state index in [2.05, 4.69) is 88.8 Å². The van der Waals surface area contributed by atoms with E-state index in [0.717, 1.165) is 57.7 Å². The number of H-pyrrole nitrogens is 2. The minimum Gasteiger partial charge on any atom is -0.355 e. The largest absolute Gasteiger partial charge is 0.355 e. The Balaban J connectivity index is 1.96. The standard InChI is InChI=1S/C29H32N4/c1-8-21-18(6)26-13-24-16(4)17(5)25(31-24)14-27-19(7)22(9-2)29(33-27)12-23-15(3)10-20(30-23)11-28(21)32-26/h10-14,30,33H,8-9H2,1-7H3. The van der Waals surface area contributed by atoms with Crippen molar-refractivity contribution in [1.29, 1.82) is 0 Å². The summed E-state index contributed by atoms with van der Waals surface area (Å²) in [6, 6.07) is 11.0. The average Bonchev–Trinajstić information content (AvgIpc) is 3.45. The lowest BCUT2D eigenvalue weighted by molar-refractivity contribution is 1.14. The van der Waals surface area contributed by atoms with Crippen molar-refractivity contribution < 1.29 is 0 Å². The molecule has 2 N–H and O–H groups in total. The van der Waals surface area contributed by atoms with Gasteiger partial charge in [-0.25, -0.2) is 9.97 Å². The van der Waals surface area contributed by atoms with Crippen molar-refractivity contribution >= 4 is 44.4 Å². The fraction of sp³-hybridized carbons (Fsp3) is 0.310. The Hall–Kier alpha value is -3.40. The number of nitrogens with zero attached hydrogens (tertiary/aromatic N) is 2. The zero-order valence-electron chi connectivity index (χ0n) is 20.7. The van der Waals surface area contributed by atoms with Gasteiger partial charge in [0.1, 0.15) is 0 Å². The molecule has 0 spiro atoms. The molecule has 5 rings (SSSR count). The highest BCUT2D eigenvalue weighted by atomic mass is 14.8. The van der Waals surface area contributed by atoms with E-state index in [9.17, 15) is 0 Å². The summed E-state index contributed by atoms with van der Waals surface area (Å²) in [5.41, 5.74) is 17.4. The molecule has 3 aromatic heterocycles. The number of aryl methyl sites for hydroxylation is 3. The molecule has 0 unspecified atom stereocenters. The maximum absolute atomic E-state index is 5.03. The first kappa shape index (κ1) is 21.4. The van der Waals surface area contributed by atoms with Crippen molar-refractivity contribution in [2.45, 2.75) is 61.3 Å². The van der Waals surface area contributed by atoms with Gasteiger partial charge in [-0.2, -0.15) is 0 Å². The number of aromatic amines is 2. The minimum absolute atomic E-state index is 0.951. The number of hydrogen-bond donors (Lipinski definition) is 2. The molecule has 33 heavy (non-hydrogen) atoms. The third kappa shape index (κ3) is 3.45. The summed E-state index contributed by atoms with van der Waals surface area (Å²) < 4.78 is 0. The highest BCUT2D eigenvalue weighted by molar-refractivity contribution is 5.94. The summed E-state index contributed by atoms with van der Waals surface area (Å²) in [5.74, 6) is 0. The van der Waals surface area contributed by atoms with Gasteiger partial charge in [0.15, 0.2) is 0 Å². The summed E-state index contributed by atoms with van der Waals surface area (Å²) in [6.07, 6.45) is 1.93. The van der Waals surface area contributed by atoms with Gasteiger partial charge in [0, 0.05) is 22.1 Å². The van der Waals surface area contributed by atoms with Gasteiger partial charge in [-0.3, -0.25) is 0 Å². The Morgan fingerprint density at radius 3 is 1.97 bits per heavy atom. The van der Waals surface area contributed by atoms with Crippen molar-refractivity contribution in [2.24, 2.45) is 0 Å². The summed E-state index contributed by atoms with van der Waals surface area (Å²) >= 11 is 0. The lowest BCUT2D eigenvalue weighted by Gasteiger charge is -1.99. The Morgan fingerprint density at radius 1 is 0.606 bits per heavy atom. The van der Waals surface area contributed by atoms with Crippen LogP contribution in [0.3, 0.4) is 0 Å². The monoisotopic (exact) mass is 436 g/mol. The van der Waals surface area contributed by atoms with Crippen LogP contribution in [-0.4, -0.2) is 19.9 Å². The summed E-state index contributed by atoms with van der Waals surface area (Å²) in [6.45, 7) is 15.3. The molecule has 0 atom stereocenters. The quantitative estimate of drug-likeness (QED) is 0.431. The first-order chi connectivity index (χ1) is 15.8. The third-order valence-electron chi connectivity index (χ3n) is 7.33. The first-order valence-electron chi connectivity index (χ1n) is 11.9. The van der Waals surface area contributed by atoms with Crippen LogP contribution in [0.4, 0.5) is 0 Å². The highest BCUT2D eigenvalue weighted by Crippen LogP contribution is 2.35. The summed E-state index contributed by atoms with van der Waals surface area (Å²) in [4.78, 5) is 17.4.